The molecule has 0 radical (unpaired) electrons. The number of fused-ring (bicyclic) bond motifs is 1. The molecule has 0 bridgehead atoms. The van der Waals surface area contributed by atoms with E-state index in [0.29, 0.717) is 23.6 Å². The van der Waals surface area contributed by atoms with Gasteiger partial charge in [-0.15, -0.1) is 0 Å². The van der Waals surface area contributed by atoms with E-state index in [9.17, 15) is 0 Å². The predicted molar refractivity (Wildman–Crippen MR) is 114 cm³/mol. The first-order valence-corrected chi connectivity index (χ1v) is 9.10. The number of aromatic nitrogens is 4. The maximum atomic E-state index is 8.89. The lowest BCUT2D eigenvalue weighted by atomic mass is 10.2. The zero-order valence-corrected chi connectivity index (χ0v) is 16.4. The fraction of sp³-hybridized carbons (Fsp3) is 0.263. The molecule has 0 aromatic carbocycles. The molecule has 10 heteroatoms. The number of anilines is 2. The van der Waals surface area contributed by atoms with Gasteiger partial charge in [-0.2, -0.15) is 0 Å². The third kappa shape index (κ3) is 4.50. The van der Waals surface area contributed by atoms with E-state index in [2.05, 4.69) is 25.4 Å². The number of allylic oxidation sites excluding steroid dienone is 1. The van der Waals surface area contributed by atoms with E-state index < -0.39 is 0 Å². The number of imidazole rings is 1. The molecule has 10 nitrogen and oxygen atoms in total. The molecule has 3 heterocycles. The average molecular weight is 395 g/mol. The minimum absolute atomic E-state index is 0.0404. The Balaban J connectivity index is 1.90. The molecular weight excluding hydrogens is 370 g/mol. The summed E-state index contributed by atoms with van der Waals surface area (Å²) in [6, 6.07) is 3.97. The maximum Gasteiger partial charge on any atom is 0.186 e. The molecule has 6 N–H and O–H groups in total. The van der Waals surface area contributed by atoms with Gasteiger partial charge >= 0.3 is 0 Å². The molecule has 3 aromatic heterocycles. The zero-order valence-electron chi connectivity index (χ0n) is 16.4. The highest BCUT2D eigenvalue weighted by atomic mass is 16.3. The Morgan fingerprint density at radius 1 is 1.34 bits per heavy atom. The summed E-state index contributed by atoms with van der Waals surface area (Å²) in [6.45, 7) is 2.75. The summed E-state index contributed by atoms with van der Waals surface area (Å²) in [5.74, 6) is 0.758. The first-order valence-electron chi connectivity index (χ1n) is 9.10. The van der Waals surface area contributed by atoms with E-state index >= 15 is 0 Å². The summed E-state index contributed by atoms with van der Waals surface area (Å²) in [4.78, 5) is 17.3. The summed E-state index contributed by atoms with van der Waals surface area (Å²) < 4.78 is 2.03. The molecule has 3 aromatic rings. The minimum Gasteiger partial charge on any atom is -0.404 e. The number of hydrogen-bond acceptors (Lipinski definition) is 9. The van der Waals surface area contributed by atoms with Crippen molar-refractivity contribution in [2.75, 3.05) is 30.9 Å². The summed E-state index contributed by atoms with van der Waals surface area (Å²) in [7, 11) is 1.79. The van der Waals surface area contributed by atoms with Crippen LogP contribution in [0.15, 0.2) is 41.9 Å². The topological polar surface area (TPSA) is 143 Å². The van der Waals surface area contributed by atoms with Crippen LogP contribution in [0, 0.1) is 6.92 Å². The minimum atomic E-state index is -0.0404. The van der Waals surface area contributed by atoms with Crippen molar-refractivity contribution in [3.8, 4) is 0 Å². The van der Waals surface area contributed by atoms with E-state index in [1.54, 1.807) is 18.3 Å². The van der Waals surface area contributed by atoms with Crippen molar-refractivity contribution in [2.45, 2.75) is 13.5 Å². The first-order chi connectivity index (χ1) is 14.1. The second kappa shape index (κ2) is 9.13. The number of hydrogen-bond donors (Lipinski definition) is 4. The van der Waals surface area contributed by atoms with Crippen molar-refractivity contribution in [2.24, 2.45) is 10.7 Å². The quantitative estimate of drug-likeness (QED) is 0.319. The molecule has 0 aliphatic rings. The normalized spacial score (nSPS) is 12.2. The van der Waals surface area contributed by atoms with Crippen LogP contribution in [0.3, 0.4) is 0 Å². The highest BCUT2D eigenvalue weighted by Gasteiger charge is 2.15. The van der Waals surface area contributed by atoms with Crippen LogP contribution in [0.4, 0.5) is 11.6 Å². The van der Waals surface area contributed by atoms with E-state index in [1.807, 2.05) is 35.9 Å². The van der Waals surface area contributed by atoms with Crippen LogP contribution in [-0.4, -0.2) is 50.9 Å². The van der Waals surface area contributed by atoms with Gasteiger partial charge in [0.2, 0.25) is 0 Å². The number of nitrogens with zero attached hydrogens (tertiary/aromatic N) is 6. The van der Waals surface area contributed by atoms with Crippen molar-refractivity contribution < 1.29 is 5.11 Å². The fourth-order valence-corrected chi connectivity index (χ4v) is 2.82. The summed E-state index contributed by atoms with van der Waals surface area (Å²) in [6.07, 6.45) is 8.35. The third-order valence-corrected chi connectivity index (χ3v) is 4.33. The molecule has 0 fully saturated rings. The number of aliphatic imine (C=N–C) groups is 1. The molecule has 0 aliphatic heterocycles. The zero-order chi connectivity index (χ0) is 20.8. The Morgan fingerprint density at radius 2 is 2.17 bits per heavy atom. The Bertz CT molecular complexity index is 1040. The second-order valence-electron chi connectivity index (χ2n) is 6.32. The molecule has 152 valence electrons. The lowest BCUT2D eigenvalue weighted by Gasteiger charge is -2.24. The van der Waals surface area contributed by atoms with Crippen LogP contribution in [-0.2, 0) is 6.54 Å². The Kier molecular flexibility index (Phi) is 6.37. The molecule has 0 atom stereocenters. The summed E-state index contributed by atoms with van der Waals surface area (Å²) in [5, 5.41) is 10.7. The highest BCUT2D eigenvalue weighted by molar-refractivity contribution is 6.08. The van der Waals surface area contributed by atoms with Gasteiger partial charge in [0.1, 0.15) is 5.65 Å². The number of nitrogens with two attached hydrogens (primary N) is 2. The monoisotopic (exact) mass is 395 g/mol. The highest BCUT2D eigenvalue weighted by Crippen LogP contribution is 2.21. The van der Waals surface area contributed by atoms with Crippen LogP contribution in [0.2, 0.25) is 0 Å². The van der Waals surface area contributed by atoms with Crippen LogP contribution < -0.4 is 21.9 Å². The molecule has 0 unspecified atom stereocenters. The van der Waals surface area contributed by atoms with Gasteiger partial charge in [-0.05, 0) is 18.6 Å². The second-order valence-corrected chi connectivity index (χ2v) is 6.32. The molecule has 29 heavy (non-hydrogen) atoms. The number of aliphatic hydroxyl groups excluding tert-OH is 1. The molecular formula is C19H25N9O. The van der Waals surface area contributed by atoms with Gasteiger partial charge < -0.3 is 21.0 Å². The Labute approximate surface area is 168 Å². The number of pyridine rings is 1. The van der Waals surface area contributed by atoms with Gasteiger partial charge in [0.15, 0.2) is 11.6 Å². The lowest BCUT2D eigenvalue weighted by Crippen LogP contribution is -2.36. The standard InChI is InChI=1S/C19H25N9O/c1-13-8-24-17-4-3-14(11-27(13)17)12-28(22-2)19-18(21)25-10-16(26-19)15(7-20)9-23-5-6-29/h3-4,7-11,22,29H,5-6,12,20H2,1-2H3,(H2,21,25). The van der Waals surface area contributed by atoms with Gasteiger partial charge in [0.05, 0.1) is 31.6 Å². The number of aryl methyl sites for hydroxylation is 1. The van der Waals surface area contributed by atoms with Crippen molar-refractivity contribution in [3.05, 3.63) is 53.9 Å². The van der Waals surface area contributed by atoms with Crippen LogP contribution in [0.5, 0.6) is 0 Å². The van der Waals surface area contributed by atoms with Crippen molar-refractivity contribution in [3.63, 3.8) is 0 Å². The third-order valence-electron chi connectivity index (χ3n) is 4.33. The fourth-order valence-electron chi connectivity index (χ4n) is 2.82. The first kappa shape index (κ1) is 20.2. The summed E-state index contributed by atoms with van der Waals surface area (Å²) in [5.41, 5.74) is 19.0. The van der Waals surface area contributed by atoms with Gasteiger partial charge in [0, 0.05) is 43.1 Å². The number of rotatable bonds is 8. The number of nitrogens with one attached hydrogen (secondary N) is 1. The van der Waals surface area contributed by atoms with Crippen LogP contribution in [0.25, 0.3) is 11.2 Å². The molecule has 0 amide bonds. The number of aliphatic hydroxyl groups is 1. The molecule has 0 saturated heterocycles. The predicted octanol–water partition coefficient (Wildman–Crippen LogP) is 0.519. The van der Waals surface area contributed by atoms with Crippen LogP contribution >= 0.6 is 0 Å². The smallest absolute Gasteiger partial charge is 0.186 e. The Hall–Kier alpha value is -3.50. The van der Waals surface area contributed by atoms with Crippen LogP contribution in [0.1, 0.15) is 17.0 Å². The van der Waals surface area contributed by atoms with E-state index in [0.717, 1.165) is 16.9 Å². The molecule has 3 rings (SSSR count). The lowest BCUT2D eigenvalue weighted by molar-refractivity contribution is 0.307. The van der Waals surface area contributed by atoms with Gasteiger partial charge in [-0.25, -0.2) is 20.4 Å². The molecule has 0 saturated carbocycles. The van der Waals surface area contributed by atoms with Gasteiger partial charge in [-0.1, -0.05) is 6.07 Å². The van der Waals surface area contributed by atoms with Crippen molar-refractivity contribution in [1.29, 1.82) is 0 Å². The summed E-state index contributed by atoms with van der Waals surface area (Å²) >= 11 is 0. The Morgan fingerprint density at radius 3 is 2.90 bits per heavy atom. The van der Waals surface area contributed by atoms with E-state index in [4.69, 9.17) is 16.6 Å². The van der Waals surface area contributed by atoms with Gasteiger partial charge in [-0.3, -0.25) is 10.0 Å². The number of hydrazine groups is 1. The largest absolute Gasteiger partial charge is 0.404 e. The van der Waals surface area contributed by atoms with Crippen molar-refractivity contribution >= 4 is 29.1 Å². The van der Waals surface area contributed by atoms with E-state index in [1.165, 1.54) is 12.4 Å². The van der Waals surface area contributed by atoms with Crippen molar-refractivity contribution in [1.82, 2.24) is 24.8 Å². The molecule has 0 spiro atoms. The molecule has 0 aliphatic carbocycles. The van der Waals surface area contributed by atoms with E-state index in [-0.39, 0.29) is 19.0 Å². The maximum absolute atomic E-state index is 8.89. The SMILES string of the molecule is CNN(Cc1ccc2ncc(C)n2c1)c1nc(C(C=NCCO)=CN)cnc1N. The average Bonchev–Trinajstić information content (AvgIpc) is 3.10. The number of nitrogen functional groups attached to an aromatic ring is 1. The van der Waals surface area contributed by atoms with Gasteiger partial charge in [0.25, 0.3) is 0 Å².